The second-order valence-corrected chi connectivity index (χ2v) is 5.59. The molecule has 0 aromatic carbocycles. The predicted molar refractivity (Wildman–Crippen MR) is 77.9 cm³/mol. The number of rotatable bonds is 9. The Hall–Kier alpha value is -0.610. The van der Waals surface area contributed by atoms with Gasteiger partial charge in [-0.25, -0.2) is 0 Å². The van der Waals surface area contributed by atoms with E-state index >= 15 is 0 Å². The lowest BCUT2D eigenvalue weighted by Crippen LogP contribution is -2.38. The maximum absolute atomic E-state index is 12.2. The molecule has 2 atom stereocenters. The van der Waals surface area contributed by atoms with Crippen molar-refractivity contribution in [2.75, 3.05) is 13.2 Å². The fraction of sp³-hybridized carbons (Fsp3) is 0.933. The van der Waals surface area contributed by atoms with E-state index in [0.717, 1.165) is 45.3 Å². The van der Waals surface area contributed by atoms with E-state index < -0.39 is 0 Å². The van der Waals surface area contributed by atoms with Gasteiger partial charge in [-0.15, -0.1) is 0 Å². The molecular formula is C15H30N2O2. The zero-order valence-electron chi connectivity index (χ0n) is 12.9. The molecule has 1 heterocycles. The molecule has 0 aromatic rings. The van der Waals surface area contributed by atoms with E-state index in [1.165, 1.54) is 0 Å². The van der Waals surface area contributed by atoms with Crippen molar-refractivity contribution in [3.05, 3.63) is 0 Å². The SMILES string of the molecule is CCCC1NC(CC)C(=O)N1CCCCOC(C)C. The van der Waals surface area contributed by atoms with Crippen LogP contribution in [0.25, 0.3) is 0 Å². The van der Waals surface area contributed by atoms with Crippen LogP contribution in [0.15, 0.2) is 0 Å². The third-order valence-corrected chi connectivity index (χ3v) is 3.57. The van der Waals surface area contributed by atoms with E-state index in [2.05, 4.69) is 33.0 Å². The Morgan fingerprint density at radius 1 is 1.32 bits per heavy atom. The number of hydrogen-bond donors (Lipinski definition) is 1. The van der Waals surface area contributed by atoms with Gasteiger partial charge in [0.2, 0.25) is 5.91 Å². The number of unbranched alkanes of at least 4 members (excludes halogenated alkanes) is 1. The largest absolute Gasteiger partial charge is 0.379 e. The summed E-state index contributed by atoms with van der Waals surface area (Å²) in [5, 5.41) is 3.45. The van der Waals surface area contributed by atoms with Crippen LogP contribution in [0.4, 0.5) is 0 Å². The molecular weight excluding hydrogens is 240 g/mol. The molecule has 0 bridgehead atoms. The first kappa shape index (κ1) is 16.4. The lowest BCUT2D eigenvalue weighted by Gasteiger charge is -2.23. The Balaban J connectivity index is 2.34. The summed E-state index contributed by atoms with van der Waals surface area (Å²) in [7, 11) is 0. The molecule has 1 saturated heterocycles. The van der Waals surface area contributed by atoms with Gasteiger partial charge in [0.05, 0.1) is 18.3 Å². The van der Waals surface area contributed by atoms with Crippen LogP contribution in [-0.2, 0) is 9.53 Å². The first-order valence-electron chi connectivity index (χ1n) is 7.78. The van der Waals surface area contributed by atoms with Gasteiger partial charge in [0.25, 0.3) is 0 Å². The fourth-order valence-corrected chi connectivity index (χ4v) is 2.52. The van der Waals surface area contributed by atoms with Crippen LogP contribution in [0.3, 0.4) is 0 Å². The van der Waals surface area contributed by atoms with Crippen molar-refractivity contribution >= 4 is 5.91 Å². The third-order valence-electron chi connectivity index (χ3n) is 3.57. The highest BCUT2D eigenvalue weighted by molar-refractivity contribution is 5.84. The van der Waals surface area contributed by atoms with Crippen molar-refractivity contribution < 1.29 is 9.53 Å². The highest BCUT2D eigenvalue weighted by atomic mass is 16.5. The van der Waals surface area contributed by atoms with Crippen molar-refractivity contribution in [3.63, 3.8) is 0 Å². The second-order valence-electron chi connectivity index (χ2n) is 5.59. The maximum atomic E-state index is 12.2. The van der Waals surface area contributed by atoms with Gasteiger partial charge in [-0.05, 0) is 39.5 Å². The summed E-state index contributed by atoms with van der Waals surface area (Å²) in [6.07, 6.45) is 5.63. The molecule has 0 spiro atoms. The van der Waals surface area contributed by atoms with Gasteiger partial charge in [0, 0.05) is 13.2 Å². The first-order valence-corrected chi connectivity index (χ1v) is 7.78. The Morgan fingerprint density at radius 3 is 2.63 bits per heavy atom. The van der Waals surface area contributed by atoms with Crippen LogP contribution in [0, 0.1) is 0 Å². The monoisotopic (exact) mass is 270 g/mol. The number of nitrogens with zero attached hydrogens (tertiary/aromatic N) is 1. The Morgan fingerprint density at radius 2 is 2.05 bits per heavy atom. The van der Waals surface area contributed by atoms with Crippen molar-refractivity contribution in [2.45, 2.75) is 78.1 Å². The molecule has 1 N–H and O–H groups in total. The molecule has 112 valence electrons. The summed E-state index contributed by atoms with van der Waals surface area (Å²) in [6, 6.07) is 0.0310. The molecule has 0 saturated carbocycles. The minimum atomic E-state index is 0.0310. The van der Waals surface area contributed by atoms with Gasteiger partial charge in [-0.1, -0.05) is 20.3 Å². The zero-order chi connectivity index (χ0) is 14.3. The normalized spacial score (nSPS) is 23.6. The number of carbonyl (C=O) groups excluding carboxylic acids is 1. The molecule has 1 aliphatic heterocycles. The van der Waals surface area contributed by atoms with Gasteiger partial charge in [0.1, 0.15) is 0 Å². The molecule has 1 fully saturated rings. The van der Waals surface area contributed by atoms with E-state index in [9.17, 15) is 4.79 Å². The van der Waals surface area contributed by atoms with Crippen LogP contribution < -0.4 is 5.32 Å². The molecule has 19 heavy (non-hydrogen) atoms. The molecule has 0 aromatic heterocycles. The van der Waals surface area contributed by atoms with Gasteiger partial charge in [-0.2, -0.15) is 0 Å². The summed E-state index contributed by atoms with van der Waals surface area (Å²) >= 11 is 0. The number of ether oxygens (including phenoxy) is 1. The molecule has 1 amide bonds. The second kappa shape index (κ2) is 8.54. The summed E-state index contributed by atoms with van der Waals surface area (Å²) in [5.41, 5.74) is 0. The molecule has 4 nitrogen and oxygen atoms in total. The van der Waals surface area contributed by atoms with Crippen LogP contribution in [0.1, 0.15) is 59.8 Å². The van der Waals surface area contributed by atoms with Gasteiger partial charge >= 0.3 is 0 Å². The zero-order valence-corrected chi connectivity index (χ0v) is 12.9. The Labute approximate surface area is 117 Å². The number of amides is 1. The summed E-state index contributed by atoms with van der Waals surface area (Å²) in [6.45, 7) is 9.99. The molecule has 2 unspecified atom stereocenters. The highest BCUT2D eigenvalue weighted by Crippen LogP contribution is 2.17. The number of carbonyl (C=O) groups is 1. The Kier molecular flexibility index (Phi) is 7.39. The minimum absolute atomic E-state index is 0.0310. The maximum Gasteiger partial charge on any atom is 0.241 e. The first-order chi connectivity index (χ1) is 9.10. The molecule has 0 radical (unpaired) electrons. The third kappa shape index (κ3) is 5.11. The molecule has 0 aliphatic carbocycles. The van der Waals surface area contributed by atoms with E-state index in [0.29, 0.717) is 6.10 Å². The van der Waals surface area contributed by atoms with Crippen LogP contribution >= 0.6 is 0 Å². The van der Waals surface area contributed by atoms with E-state index in [1.54, 1.807) is 0 Å². The molecule has 4 heteroatoms. The van der Waals surface area contributed by atoms with E-state index in [-0.39, 0.29) is 18.1 Å². The number of hydrogen-bond acceptors (Lipinski definition) is 3. The average molecular weight is 270 g/mol. The van der Waals surface area contributed by atoms with Crippen LogP contribution in [0.5, 0.6) is 0 Å². The standard InChI is InChI=1S/C15H30N2O2/c1-5-9-14-16-13(6-2)15(18)17(14)10-7-8-11-19-12(3)4/h12-14,16H,5-11H2,1-4H3. The highest BCUT2D eigenvalue weighted by Gasteiger charge is 2.36. The number of nitrogens with one attached hydrogen (secondary N) is 1. The van der Waals surface area contributed by atoms with Gasteiger partial charge < -0.3 is 9.64 Å². The van der Waals surface area contributed by atoms with Crippen molar-refractivity contribution in [2.24, 2.45) is 0 Å². The molecule has 1 aliphatic rings. The Bertz CT molecular complexity index is 269. The van der Waals surface area contributed by atoms with Gasteiger partial charge in [-0.3, -0.25) is 10.1 Å². The minimum Gasteiger partial charge on any atom is -0.379 e. The quantitative estimate of drug-likeness (QED) is 0.655. The van der Waals surface area contributed by atoms with E-state index in [4.69, 9.17) is 4.74 Å². The van der Waals surface area contributed by atoms with Crippen molar-refractivity contribution in [1.29, 1.82) is 0 Å². The smallest absolute Gasteiger partial charge is 0.241 e. The average Bonchev–Trinajstić information content (AvgIpc) is 2.66. The van der Waals surface area contributed by atoms with Crippen molar-refractivity contribution in [3.8, 4) is 0 Å². The molecule has 1 rings (SSSR count). The summed E-state index contributed by atoms with van der Waals surface area (Å²) < 4.78 is 5.53. The lowest BCUT2D eigenvalue weighted by molar-refractivity contribution is -0.130. The van der Waals surface area contributed by atoms with Crippen molar-refractivity contribution in [1.82, 2.24) is 10.2 Å². The van der Waals surface area contributed by atoms with Gasteiger partial charge in [0.15, 0.2) is 0 Å². The fourth-order valence-electron chi connectivity index (χ4n) is 2.52. The summed E-state index contributed by atoms with van der Waals surface area (Å²) in [5.74, 6) is 0.283. The summed E-state index contributed by atoms with van der Waals surface area (Å²) in [4.78, 5) is 14.3. The van der Waals surface area contributed by atoms with Crippen LogP contribution in [0.2, 0.25) is 0 Å². The lowest BCUT2D eigenvalue weighted by atomic mass is 10.2. The van der Waals surface area contributed by atoms with E-state index in [1.807, 2.05) is 4.90 Å². The topological polar surface area (TPSA) is 41.6 Å². The van der Waals surface area contributed by atoms with Crippen LogP contribution in [-0.4, -0.2) is 42.3 Å². The predicted octanol–water partition coefficient (Wildman–Crippen LogP) is 2.53.